The van der Waals surface area contributed by atoms with Gasteiger partial charge in [-0.15, -0.1) is 0 Å². The first kappa shape index (κ1) is 23.7. The number of hydrogen-bond donors (Lipinski definition) is 2. The van der Waals surface area contributed by atoms with Gasteiger partial charge in [0.25, 0.3) is 0 Å². The van der Waals surface area contributed by atoms with Crippen molar-refractivity contribution >= 4 is 16.0 Å². The lowest BCUT2D eigenvalue weighted by Crippen LogP contribution is -2.40. The largest absolute Gasteiger partial charge is 0.497 e. The zero-order valence-corrected chi connectivity index (χ0v) is 18.2. The van der Waals surface area contributed by atoms with E-state index < -0.39 is 34.1 Å². The van der Waals surface area contributed by atoms with Crippen molar-refractivity contribution in [3.63, 3.8) is 0 Å². The Balaban J connectivity index is 2.39. The zero-order valence-electron chi connectivity index (χ0n) is 17.4. The molecule has 0 radical (unpaired) electrons. The molecule has 0 aliphatic carbocycles. The first-order chi connectivity index (χ1) is 14.2. The monoisotopic (exact) mass is 437 g/mol. The average Bonchev–Trinajstić information content (AvgIpc) is 2.76. The number of esters is 1. The maximum absolute atomic E-state index is 13.0. The molecular weight excluding hydrogens is 410 g/mol. The van der Waals surface area contributed by atoms with Crippen molar-refractivity contribution in [3.05, 3.63) is 54.1 Å². The number of rotatable bonds is 10. The summed E-state index contributed by atoms with van der Waals surface area (Å²) in [6, 6.07) is 11.7. The van der Waals surface area contributed by atoms with Gasteiger partial charge in [0, 0.05) is 5.92 Å². The summed E-state index contributed by atoms with van der Waals surface area (Å²) < 4.78 is 43.7. The summed E-state index contributed by atoms with van der Waals surface area (Å²) in [6.07, 6.45) is -1.52. The molecular formula is C21H27NO7S. The minimum atomic E-state index is -3.96. The van der Waals surface area contributed by atoms with E-state index in [1.165, 1.54) is 38.5 Å². The number of sulfonamides is 1. The topological polar surface area (TPSA) is 111 Å². The Morgan fingerprint density at radius 2 is 1.50 bits per heavy atom. The van der Waals surface area contributed by atoms with E-state index in [-0.39, 0.29) is 11.5 Å². The fourth-order valence-electron chi connectivity index (χ4n) is 2.90. The van der Waals surface area contributed by atoms with Gasteiger partial charge in [0.2, 0.25) is 10.0 Å². The van der Waals surface area contributed by atoms with E-state index in [4.69, 9.17) is 14.2 Å². The summed E-state index contributed by atoms with van der Waals surface area (Å²) in [7, 11) is -0.959. The molecule has 0 aliphatic heterocycles. The van der Waals surface area contributed by atoms with Crippen molar-refractivity contribution in [2.75, 3.05) is 20.8 Å². The van der Waals surface area contributed by atoms with Gasteiger partial charge in [-0.25, -0.2) is 17.9 Å². The zero-order chi connectivity index (χ0) is 22.3. The standard InChI is InChI=1S/C21H27NO7S/c1-5-29-21(24)20(23)14(2)19(15-6-8-16(27-3)9-7-15)22-30(25,26)18-12-10-17(28-4)11-13-18/h6-14,19-20,22-23H,5H2,1-4H3/t14-,19-,20+/m1/s1. The minimum Gasteiger partial charge on any atom is -0.497 e. The molecule has 164 valence electrons. The van der Waals surface area contributed by atoms with Crippen LogP contribution in [0.5, 0.6) is 11.5 Å². The number of carbonyl (C=O) groups excluding carboxylic acids is 1. The third kappa shape index (κ3) is 5.71. The van der Waals surface area contributed by atoms with Gasteiger partial charge in [-0.2, -0.15) is 0 Å². The molecule has 0 amide bonds. The number of hydrogen-bond acceptors (Lipinski definition) is 7. The number of aliphatic hydroxyl groups excluding tert-OH is 1. The van der Waals surface area contributed by atoms with Gasteiger partial charge < -0.3 is 19.3 Å². The summed E-state index contributed by atoms with van der Waals surface area (Å²) in [4.78, 5) is 12.1. The summed E-state index contributed by atoms with van der Waals surface area (Å²) in [5, 5.41) is 10.4. The number of carbonyl (C=O) groups is 1. The first-order valence-corrected chi connectivity index (χ1v) is 10.9. The van der Waals surface area contributed by atoms with Gasteiger partial charge in [0.15, 0.2) is 6.10 Å². The highest BCUT2D eigenvalue weighted by molar-refractivity contribution is 7.89. The molecule has 2 aromatic carbocycles. The lowest BCUT2D eigenvalue weighted by atomic mass is 9.90. The molecule has 0 unspecified atom stereocenters. The number of benzene rings is 2. The SMILES string of the molecule is CCOC(=O)[C@@H](O)[C@H](C)[C@@H](NS(=O)(=O)c1ccc(OC)cc1)c1ccc(OC)cc1. The summed E-state index contributed by atoms with van der Waals surface area (Å²) in [5.74, 6) is -0.515. The summed E-state index contributed by atoms with van der Waals surface area (Å²) >= 11 is 0. The molecule has 30 heavy (non-hydrogen) atoms. The lowest BCUT2D eigenvalue weighted by Gasteiger charge is -2.28. The van der Waals surface area contributed by atoms with E-state index >= 15 is 0 Å². The van der Waals surface area contributed by atoms with Crippen LogP contribution in [0.4, 0.5) is 0 Å². The molecule has 0 aromatic heterocycles. The molecule has 3 atom stereocenters. The maximum Gasteiger partial charge on any atom is 0.335 e. The number of aliphatic hydroxyl groups is 1. The van der Waals surface area contributed by atoms with Crippen LogP contribution in [0.2, 0.25) is 0 Å². The van der Waals surface area contributed by atoms with Gasteiger partial charge in [0.1, 0.15) is 11.5 Å². The second-order valence-corrected chi connectivity index (χ2v) is 8.32. The van der Waals surface area contributed by atoms with Gasteiger partial charge in [-0.3, -0.25) is 0 Å². The third-order valence-electron chi connectivity index (χ3n) is 4.68. The highest BCUT2D eigenvalue weighted by Gasteiger charge is 2.34. The van der Waals surface area contributed by atoms with Gasteiger partial charge in [-0.05, 0) is 48.9 Å². The highest BCUT2D eigenvalue weighted by atomic mass is 32.2. The van der Waals surface area contributed by atoms with Crippen molar-refractivity contribution < 1.29 is 32.5 Å². The molecule has 0 heterocycles. The van der Waals surface area contributed by atoms with Gasteiger partial charge >= 0.3 is 5.97 Å². The Morgan fingerprint density at radius 1 is 1.00 bits per heavy atom. The fourth-order valence-corrected chi connectivity index (χ4v) is 4.22. The number of methoxy groups -OCH3 is 2. The quantitative estimate of drug-likeness (QED) is 0.549. The third-order valence-corrected chi connectivity index (χ3v) is 6.14. The first-order valence-electron chi connectivity index (χ1n) is 9.38. The van der Waals surface area contributed by atoms with Crippen LogP contribution in [0.15, 0.2) is 53.4 Å². The van der Waals surface area contributed by atoms with Crippen LogP contribution in [0.1, 0.15) is 25.5 Å². The van der Waals surface area contributed by atoms with Crippen molar-refractivity contribution in [2.45, 2.75) is 30.9 Å². The van der Waals surface area contributed by atoms with Crippen LogP contribution < -0.4 is 14.2 Å². The average molecular weight is 438 g/mol. The summed E-state index contributed by atoms with van der Waals surface area (Å²) in [6.45, 7) is 3.31. The number of nitrogens with one attached hydrogen (secondary N) is 1. The predicted octanol–water partition coefficient (Wildman–Crippen LogP) is 2.28. The van der Waals surface area contributed by atoms with Gasteiger partial charge in [0.05, 0.1) is 31.8 Å². The minimum absolute atomic E-state index is 0.0274. The van der Waals surface area contributed by atoms with Crippen molar-refractivity contribution in [2.24, 2.45) is 5.92 Å². The normalized spacial score (nSPS) is 14.4. The van der Waals surface area contributed by atoms with Crippen molar-refractivity contribution in [1.29, 1.82) is 0 Å². The Morgan fingerprint density at radius 3 is 1.97 bits per heavy atom. The van der Waals surface area contributed by atoms with Crippen LogP contribution in [-0.2, 0) is 19.6 Å². The van der Waals surface area contributed by atoms with Crippen LogP contribution in [0, 0.1) is 5.92 Å². The smallest absolute Gasteiger partial charge is 0.335 e. The van der Waals surface area contributed by atoms with Crippen LogP contribution >= 0.6 is 0 Å². The van der Waals surface area contributed by atoms with E-state index in [0.717, 1.165) is 0 Å². The Hall–Kier alpha value is -2.62. The van der Waals surface area contributed by atoms with Gasteiger partial charge in [-0.1, -0.05) is 19.1 Å². The van der Waals surface area contributed by atoms with Crippen molar-refractivity contribution in [1.82, 2.24) is 4.72 Å². The van der Waals surface area contributed by atoms with E-state index in [1.807, 2.05) is 0 Å². The molecule has 2 N–H and O–H groups in total. The second-order valence-electron chi connectivity index (χ2n) is 6.60. The van der Waals surface area contributed by atoms with E-state index in [2.05, 4.69) is 4.72 Å². The molecule has 0 bridgehead atoms. The Kier molecular flexibility index (Phi) is 8.22. The molecule has 8 nitrogen and oxygen atoms in total. The van der Waals surface area contributed by atoms with E-state index in [0.29, 0.717) is 17.1 Å². The lowest BCUT2D eigenvalue weighted by molar-refractivity contribution is -0.156. The molecule has 0 spiro atoms. The Bertz CT molecular complexity index is 927. The fraction of sp³-hybridized carbons (Fsp3) is 0.381. The van der Waals surface area contributed by atoms with E-state index in [1.54, 1.807) is 38.1 Å². The highest BCUT2D eigenvalue weighted by Crippen LogP contribution is 2.29. The molecule has 0 saturated heterocycles. The Labute approximate surface area is 176 Å². The number of ether oxygens (including phenoxy) is 3. The maximum atomic E-state index is 13.0. The van der Waals surface area contributed by atoms with Crippen LogP contribution in [0.3, 0.4) is 0 Å². The van der Waals surface area contributed by atoms with E-state index in [9.17, 15) is 18.3 Å². The van der Waals surface area contributed by atoms with Crippen LogP contribution in [-0.4, -0.2) is 46.4 Å². The molecule has 0 saturated carbocycles. The molecule has 2 aromatic rings. The predicted molar refractivity (Wildman–Crippen MR) is 111 cm³/mol. The van der Waals surface area contributed by atoms with Crippen LogP contribution in [0.25, 0.3) is 0 Å². The molecule has 0 fully saturated rings. The summed E-state index contributed by atoms with van der Waals surface area (Å²) in [5.41, 5.74) is 0.559. The molecule has 9 heteroatoms. The van der Waals surface area contributed by atoms with Crippen molar-refractivity contribution in [3.8, 4) is 11.5 Å². The molecule has 2 rings (SSSR count). The second kappa shape index (κ2) is 10.4. The molecule has 0 aliphatic rings.